The largest absolute Gasteiger partial charge is 0.305 e. The SMILES string of the molecule is CN(C)Cc1ccccc1P(C)c1ccccc1CN(C)C. The van der Waals surface area contributed by atoms with Crippen LogP contribution in [0, 0.1) is 0 Å². The average molecular weight is 314 g/mol. The van der Waals surface area contributed by atoms with Crippen molar-refractivity contribution < 1.29 is 0 Å². The zero-order valence-electron chi connectivity index (χ0n) is 14.4. The van der Waals surface area contributed by atoms with Crippen molar-refractivity contribution >= 4 is 18.5 Å². The minimum Gasteiger partial charge on any atom is -0.305 e. The van der Waals surface area contributed by atoms with E-state index in [-0.39, 0.29) is 7.92 Å². The Balaban J connectivity index is 2.38. The molecule has 0 aliphatic rings. The van der Waals surface area contributed by atoms with Gasteiger partial charge in [0.15, 0.2) is 0 Å². The fraction of sp³-hybridized carbons (Fsp3) is 0.368. The first kappa shape index (κ1) is 17.1. The summed E-state index contributed by atoms with van der Waals surface area (Å²) in [7, 11) is 8.21. The molecule has 0 heterocycles. The van der Waals surface area contributed by atoms with E-state index in [9.17, 15) is 0 Å². The van der Waals surface area contributed by atoms with Crippen LogP contribution in [0.3, 0.4) is 0 Å². The molecule has 0 atom stereocenters. The highest BCUT2D eigenvalue weighted by Crippen LogP contribution is 2.32. The predicted molar refractivity (Wildman–Crippen MR) is 99.8 cm³/mol. The van der Waals surface area contributed by atoms with Gasteiger partial charge in [-0.25, -0.2) is 0 Å². The van der Waals surface area contributed by atoms with Crippen molar-refractivity contribution in [2.45, 2.75) is 13.1 Å². The lowest BCUT2D eigenvalue weighted by Gasteiger charge is -2.23. The molecule has 0 aliphatic carbocycles. The Kier molecular flexibility index (Phi) is 6.14. The molecule has 2 aromatic rings. The molecule has 2 aromatic carbocycles. The van der Waals surface area contributed by atoms with Crippen LogP contribution in [-0.4, -0.2) is 44.7 Å². The van der Waals surface area contributed by atoms with Gasteiger partial charge in [0.2, 0.25) is 0 Å². The van der Waals surface area contributed by atoms with E-state index < -0.39 is 0 Å². The molecule has 2 rings (SSSR count). The lowest BCUT2D eigenvalue weighted by molar-refractivity contribution is 0.403. The summed E-state index contributed by atoms with van der Waals surface area (Å²) in [6.45, 7) is 4.38. The standard InChI is InChI=1S/C19H27N2P/c1-20(2)14-16-10-6-8-12-18(16)22(5)19-13-9-7-11-17(19)15-21(3)4/h6-13H,14-15H2,1-5H3. The lowest BCUT2D eigenvalue weighted by atomic mass is 10.2. The molecular formula is C19H27N2P. The van der Waals surface area contributed by atoms with E-state index >= 15 is 0 Å². The van der Waals surface area contributed by atoms with Crippen LogP contribution in [0.15, 0.2) is 48.5 Å². The van der Waals surface area contributed by atoms with E-state index in [1.54, 1.807) is 0 Å². The van der Waals surface area contributed by atoms with Gasteiger partial charge in [0, 0.05) is 13.1 Å². The van der Waals surface area contributed by atoms with E-state index in [2.05, 4.69) is 93.2 Å². The van der Waals surface area contributed by atoms with Crippen molar-refractivity contribution in [3.8, 4) is 0 Å². The summed E-state index contributed by atoms with van der Waals surface area (Å²) >= 11 is 0. The summed E-state index contributed by atoms with van der Waals surface area (Å²) in [6, 6.07) is 17.8. The normalized spacial score (nSPS) is 11.6. The molecule has 3 heteroatoms. The molecule has 0 saturated heterocycles. The Bertz CT molecular complexity index is 554. The zero-order chi connectivity index (χ0) is 16.1. The van der Waals surface area contributed by atoms with E-state index in [1.807, 2.05) is 0 Å². The highest BCUT2D eigenvalue weighted by atomic mass is 31.1. The molecule has 0 radical (unpaired) electrons. The first-order valence-electron chi connectivity index (χ1n) is 7.68. The molecule has 2 nitrogen and oxygen atoms in total. The van der Waals surface area contributed by atoms with Gasteiger partial charge in [0.1, 0.15) is 0 Å². The number of hydrogen-bond donors (Lipinski definition) is 0. The molecule has 0 aromatic heterocycles. The quantitative estimate of drug-likeness (QED) is 0.757. The fourth-order valence-electron chi connectivity index (χ4n) is 2.75. The first-order chi connectivity index (χ1) is 10.5. The Labute approximate surface area is 136 Å². The summed E-state index contributed by atoms with van der Waals surface area (Å²) < 4.78 is 0. The van der Waals surface area contributed by atoms with Crippen LogP contribution >= 0.6 is 7.92 Å². The molecule has 0 spiro atoms. The fourth-order valence-corrected chi connectivity index (χ4v) is 4.79. The molecule has 0 unspecified atom stereocenters. The number of hydrogen-bond acceptors (Lipinski definition) is 2. The minimum absolute atomic E-state index is 0.327. The van der Waals surface area contributed by atoms with Crippen molar-refractivity contribution in [1.29, 1.82) is 0 Å². The summed E-state index contributed by atoms with van der Waals surface area (Å²) in [5.74, 6) is 0. The van der Waals surface area contributed by atoms with E-state index in [1.165, 1.54) is 21.7 Å². The van der Waals surface area contributed by atoms with Gasteiger partial charge >= 0.3 is 0 Å². The van der Waals surface area contributed by atoms with Gasteiger partial charge in [-0.05, 0) is 64.5 Å². The van der Waals surface area contributed by atoms with Crippen LogP contribution in [0.25, 0.3) is 0 Å². The van der Waals surface area contributed by atoms with Crippen molar-refractivity contribution in [1.82, 2.24) is 9.80 Å². The Morgan fingerprint density at radius 1 is 0.682 bits per heavy atom. The first-order valence-corrected chi connectivity index (χ1v) is 9.47. The second-order valence-electron chi connectivity index (χ2n) is 6.29. The zero-order valence-corrected chi connectivity index (χ0v) is 15.3. The van der Waals surface area contributed by atoms with Gasteiger partial charge < -0.3 is 9.80 Å². The molecular weight excluding hydrogens is 287 g/mol. The van der Waals surface area contributed by atoms with E-state index in [4.69, 9.17) is 0 Å². The third-order valence-corrected chi connectivity index (χ3v) is 6.00. The van der Waals surface area contributed by atoms with Crippen LogP contribution in [0.4, 0.5) is 0 Å². The second-order valence-corrected chi connectivity index (χ2v) is 8.37. The molecule has 0 fully saturated rings. The van der Waals surface area contributed by atoms with E-state index in [0.29, 0.717) is 0 Å². The van der Waals surface area contributed by atoms with Crippen molar-refractivity contribution in [3.05, 3.63) is 59.7 Å². The number of nitrogens with zero attached hydrogens (tertiary/aromatic N) is 2. The highest BCUT2D eigenvalue weighted by Gasteiger charge is 2.15. The maximum Gasteiger partial charge on any atom is 0.0234 e. The van der Waals surface area contributed by atoms with Gasteiger partial charge in [-0.3, -0.25) is 0 Å². The molecule has 0 saturated carbocycles. The highest BCUT2D eigenvalue weighted by molar-refractivity contribution is 7.72. The molecule has 118 valence electrons. The maximum absolute atomic E-state index is 2.39. The Hall–Kier alpha value is -1.21. The van der Waals surface area contributed by atoms with Crippen molar-refractivity contribution in [2.75, 3.05) is 34.9 Å². The number of benzene rings is 2. The Morgan fingerprint density at radius 2 is 1.05 bits per heavy atom. The summed E-state index contributed by atoms with van der Waals surface area (Å²) in [4.78, 5) is 4.49. The van der Waals surface area contributed by atoms with Crippen LogP contribution in [0.1, 0.15) is 11.1 Å². The van der Waals surface area contributed by atoms with Crippen molar-refractivity contribution in [2.24, 2.45) is 0 Å². The van der Waals surface area contributed by atoms with Crippen LogP contribution in [-0.2, 0) is 13.1 Å². The Morgan fingerprint density at radius 3 is 1.41 bits per heavy atom. The van der Waals surface area contributed by atoms with Gasteiger partial charge in [0.25, 0.3) is 0 Å². The molecule has 0 aliphatic heterocycles. The minimum atomic E-state index is -0.327. The smallest absolute Gasteiger partial charge is 0.0234 e. The van der Waals surface area contributed by atoms with Gasteiger partial charge in [-0.2, -0.15) is 0 Å². The maximum atomic E-state index is 2.39. The second kappa shape index (κ2) is 7.87. The van der Waals surface area contributed by atoms with Gasteiger partial charge in [-0.15, -0.1) is 0 Å². The molecule has 0 amide bonds. The number of rotatable bonds is 6. The average Bonchev–Trinajstić information content (AvgIpc) is 2.46. The van der Waals surface area contributed by atoms with Crippen LogP contribution < -0.4 is 10.6 Å². The van der Waals surface area contributed by atoms with Gasteiger partial charge in [0.05, 0.1) is 0 Å². The third-order valence-electron chi connectivity index (χ3n) is 3.68. The predicted octanol–water partition coefficient (Wildman–Crippen LogP) is 2.87. The summed E-state index contributed by atoms with van der Waals surface area (Å²) in [5.41, 5.74) is 2.89. The van der Waals surface area contributed by atoms with Crippen LogP contribution in [0.5, 0.6) is 0 Å². The van der Waals surface area contributed by atoms with Gasteiger partial charge in [-0.1, -0.05) is 48.5 Å². The van der Waals surface area contributed by atoms with Crippen LogP contribution in [0.2, 0.25) is 0 Å². The topological polar surface area (TPSA) is 6.48 Å². The van der Waals surface area contributed by atoms with E-state index in [0.717, 1.165) is 13.1 Å². The summed E-state index contributed by atoms with van der Waals surface area (Å²) in [5, 5.41) is 3.00. The third kappa shape index (κ3) is 4.39. The van der Waals surface area contributed by atoms with Crippen molar-refractivity contribution in [3.63, 3.8) is 0 Å². The molecule has 0 N–H and O–H groups in total. The monoisotopic (exact) mass is 314 g/mol. The molecule has 0 bridgehead atoms. The lowest BCUT2D eigenvalue weighted by Crippen LogP contribution is -2.23. The molecule has 22 heavy (non-hydrogen) atoms. The summed E-state index contributed by atoms with van der Waals surface area (Å²) in [6.07, 6.45) is 0.